The van der Waals surface area contributed by atoms with E-state index in [1.54, 1.807) is 0 Å². The van der Waals surface area contributed by atoms with Gasteiger partial charge in [0.05, 0.1) is 23.0 Å². The molecule has 244 valence electrons. The van der Waals surface area contributed by atoms with Crippen LogP contribution < -0.4 is 4.74 Å². The van der Waals surface area contributed by atoms with Crippen molar-refractivity contribution >= 4 is 43.1 Å². The van der Waals surface area contributed by atoms with Crippen LogP contribution in [0.1, 0.15) is 5.56 Å². The molecule has 11 rings (SSSR count). The molecule has 0 saturated heterocycles. The smallest absolute Gasteiger partial charge is 0.161 e. The molecule has 2 heterocycles. The summed E-state index contributed by atoms with van der Waals surface area (Å²) in [5, 5.41) is 18.7. The summed E-state index contributed by atoms with van der Waals surface area (Å²) in [7, 11) is 0. The highest BCUT2D eigenvalue weighted by molar-refractivity contribution is 6.27. The van der Waals surface area contributed by atoms with E-state index >= 15 is 0 Å². The zero-order valence-electron chi connectivity index (χ0n) is 28.3. The van der Waals surface area contributed by atoms with Gasteiger partial charge in [-0.15, -0.1) is 0 Å². The molecule has 10 aromatic rings. The molecule has 0 bridgehead atoms. The molecule has 0 N–H and O–H groups in total. The lowest BCUT2D eigenvalue weighted by atomic mass is 9.87. The van der Waals surface area contributed by atoms with Crippen LogP contribution in [0, 0.1) is 11.3 Å². The third-order valence-electron chi connectivity index (χ3n) is 10.7. The van der Waals surface area contributed by atoms with Gasteiger partial charge in [0.15, 0.2) is 5.82 Å². The molecular weight excluding hydrogens is 647 g/mol. The molecule has 0 fully saturated rings. The van der Waals surface area contributed by atoms with Crippen molar-refractivity contribution in [1.82, 2.24) is 9.97 Å². The highest BCUT2D eigenvalue weighted by Gasteiger charge is 2.23. The largest absolute Gasteiger partial charge is 0.456 e. The summed E-state index contributed by atoms with van der Waals surface area (Å²) in [5.74, 6) is 2.29. The van der Waals surface area contributed by atoms with Gasteiger partial charge in [0.1, 0.15) is 11.5 Å². The molecule has 4 nitrogen and oxygen atoms in total. The van der Waals surface area contributed by atoms with Gasteiger partial charge in [0, 0.05) is 33.0 Å². The number of nitriles is 1. The number of hydrogen-bond acceptors (Lipinski definition) is 4. The summed E-state index contributed by atoms with van der Waals surface area (Å²) in [6, 6.07) is 59.2. The average molecular weight is 674 g/mol. The Kier molecular flexibility index (Phi) is 6.28. The Morgan fingerprint density at radius 1 is 0.415 bits per heavy atom. The zero-order chi connectivity index (χ0) is 35.0. The van der Waals surface area contributed by atoms with E-state index in [1.807, 2.05) is 60.7 Å². The summed E-state index contributed by atoms with van der Waals surface area (Å²) in [4.78, 5) is 10.4. The molecule has 1 aromatic heterocycles. The Balaban J connectivity index is 1.09. The van der Waals surface area contributed by atoms with Crippen molar-refractivity contribution in [2.45, 2.75) is 0 Å². The zero-order valence-corrected chi connectivity index (χ0v) is 28.3. The van der Waals surface area contributed by atoms with Crippen LogP contribution in [0.2, 0.25) is 0 Å². The Hall–Kier alpha value is -7.35. The Morgan fingerprint density at radius 2 is 1.04 bits per heavy atom. The number of benzene rings is 9. The van der Waals surface area contributed by atoms with Crippen LogP contribution in [0.4, 0.5) is 0 Å². The molecule has 0 unspecified atom stereocenters. The van der Waals surface area contributed by atoms with Crippen LogP contribution in [-0.4, -0.2) is 9.97 Å². The summed E-state index contributed by atoms with van der Waals surface area (Å²) in [5.41, 5.74) is 9.87. The first kappa shape index (κ1) is 29.4. The van der Waals surface area contributed by atoms with Crippen molar-refractivity contribution in [3.8, 4) is 73.7 Å². The van der Waals surface area contributed by atoms with E-state index in [4.69, 9.17) is 14.7 Å². The molecule has 0 aliphatic carbocycles. The molecule has 0 spiro atoms. The molecule has 0 saturated carbocycles. The van der Waals surface area contributed by atoms with E-state index in [-0.39, 0.29) is 0 Å². The third-order valence-corrected chi connectivity index (χ3v) is 10.7. The second kappa shape index (κ2) is 11.3. The Bertz CT molecular complexity index is 3090. The van der Waals surface area contributed by atoms with Crippen LogP contribution >= 0.6 is 0 Å². The van der Waals surface area contributed by atoms with Gasteiger partial charge in [0.25, 0.3) is 0 Å². The topological polar surface area (TPSA) is 58.8 Å². The second-order valence-corrected chi connectivity index (χ2v) is 13.6. The maximum atomic E-state index is 9.74. The Labute approximate surface area is 305 Å². The third kappa shape index (κ3) is 4.48. The van der Waals surface area contributed by atoms with Gasteiger partial charge in [-0.25, -0.2) is 9.97 Å². The van der Waals surface area contributed by atoms with Crippen molar-refractivity contribution in [1.29, 1.82) is 5.26 Å². The van der Waals surface area contributed by atoms with E-state index in [9.17, 15) is 5.26 Å². The van der Waals surface area contributed by atoms with Gasteiger partial charge >= 0.3 is 0 Å². The number of ether oxygens (including phenoxy) is 1. The van der Waals surface area contributed by atoms with E-state index in [0.29, 0.717) is 11.4 Å². The van der Waals surface area contributed by atoms with Crippen LogP contribution in [0.3, 0.4) is 0 Å². The van der Waals surface area contributed by atoms with Crippen molar-refractivity contribution < 1.29 is 4.74 Å². The van der Waals surface area contributed by atoms with Crippen LogP contribution in [0.25, 0.3) is 99.2 Å². The standard InChI is InChI=1S/C49H27N3O/c50-28-34-19-25-44-48-36(34)12-7-13-38(48)37-21-18-33(26-45(37)53-44)35-20-14-31-16-23-40-41(24-17-32-15-22-39(35)46(31)47(32)40)49-51-42(29-8-3-1-4-9-29)27-43(52-49)30-10-5-2-6-11-30/h1-27H. The fourth-order valence-corrected chi connectivity index (χ4v) is 8.23. The summed E-state index contributed by atoms with van der Waals surface area (Å²) >= 11 is 0. The first-order chi connectivity index (χ1) is 26.2. The number of fused-ring (bicyclic) bond motifs is 2. The van der Waals surface area contributed by atoms with Gasteiger partial charge in [-0.1, -0.05) is 127 Å². The first-order valence-corrected chi connectivity index (χ1v) is 17.7. The minimum atomic E-state index is 0.651. The molecule has 0 amide bonds. The molecule has 53 heavy (non-hydrogen) atoms. The summed E-state index contributed by atoms with van der Waals surface area (Å²) in [6.07, 6.45) is 0. The fourth-order valence-electron chi connectivity index (χ4n) is 8.23. The van der Waals surface area contributed by atoms with Crippen molar-refractivity contribution in [3.63, 3.8) is 0 Å². The average Bonchev–Trinajstić information content (AvgIpc) is 3.23. The Morgan fingerprint density at radius 3 is 1.72 bits per heavy atom. The van der Waals surface area contributed by atoms with E-state index in [2.05, 4.69) is 109 Å². The van der Waals surface area contributed by atoms with Crippen LogP contribution in [0.15, 0.2) is 164 Å². The predicted molar refractivity (Wildman–Crippen MR) is 215 cm³/mol. The summed E-state index contributed by atoms with van der Waals surface area (Å²) < 4.78 is 6.56. The maximum Gasteiger partial charge on any atom is 0.161 e. The summed E-state index contributed by atoms with van der Waals surface area (Å²) in [6.45, 7) is 0. The van der Waals surface area contributed by atoms with Crippen molar-refractivity contribution in [2.24, 2.45) is 0 Å². The quantitative estimate of drug-likeness (QED) is 0.174. The molecule has 0 radical (unpaired) electrons. The van der Waals surface area contributed by atoms with Crippen molar-refractivity contribution in [3.05, 3.63) is 169 Å². The van der Waals surface area contributed by atoms with E-state index < -0.39 is 0 Å². The van der Waals surface area contributed by atoms with Crippen molar-refractivity contribution in [2.75, 3.05) is 0 Å². The number of rotatable bonds is 4. The molecule has 9 aromatic carbocycles. The highest BCUT2D eigenvalue weighted by atomic mass is 16.5. The van der Waals surface area contributed by atoms with E-state index in [1.165, 1.54) is 26.9 Å². The highest BCUT2D eigenvalue weighted by Crippen LogP contribution is 2.49. The van der Waals surface area contributed by atoms with Crippen LogP contribution in [-0.2, 0) is 0 Å². The number of nitrogens with zero attached hydrogens (tertiary/aromatic N) is 3. The lowest BCUT2D eigenvalue weighted by Crippen LogP contribution is -1.98. The van der Waals surface area contributed by atoms with Gasteiger partial charge < -0.3 is 4.74 Å². The van der Waals surface area contributed by atoms with Gasteiger partial charge in [-0.2, -0.15) is 5.26 Å². The number of hydrogen-bond donors (Lipinski definition) is 0. The van der Waals surface area contributed by atoms with Gasteiger partial charge in [0.2, 0.25) is 0 Å². The number of aromatic nitrogens is 2. The lowest BCUT2D eigenvalue weighted by molar-refractivity contribution is 0.487. The van der Waals surface area contributed by atoms with Gasteiger partial charge in [-0.3, -0.25) is 0 Å². The minimum absolute atomic E-state index is 0.651. The second-order valence-electron chi connectivity index (χ2n) is 13.6. The molecule has 1 aliphatic rings. The monoisotopic (exact) mass is 673 g/mol. The lowest BCUT2D eigenvalue weighted by Gasteiger charge is -2.23. The van der Waals surface area contributed by atoms with E-state index in [0.717, 1.165) is 78.0 Å². The molecule has 0 atom stereocenters. The molecular formula is C49H27N3O. The molecule has 1 aliphatic heterocycles. The minimum Gasteiger partial charge on any atom is -0.456 e. The molecule has 4 heteroatoms. The fraction of sp³-hybridized carbons (Fsp3) is 0. The van der Waals surface area contributed by atoms with Gasteiger partial charge in [-0.05, 0) is 85.4 Å². The van der Waals surface area contributed by atoms with Crippen LogP contribution in [0.5, 0.6) is 11.5 Å². The predicted octanol–water partition coefficient (Wildman–Crippen LogP) is 12.8. The first-order valence-electron chi connectivity index (χ1n) is 17.7. The normalized spacial score (nSPS) is 11.9. The SMILES string of the molecule is N#Cc1ccc2c3c(cccc13)-c1ccc(-c3ccc4ccc5c(-c6nc(-c7ccccc7)cc(-c7ccccc7)n6)ccc6ccc3c4c65)cc1O2. The maximum absolute atomic E-state index is 9.74.